The predicted octanol–water partition coefficient (Wildman–Crippen LogP) is 5.38. The second-order valence-corrected chi connectivity index (χ2v) is 5.45. The number of aromatic nitrogens is 1. The van der Waals surface area contributed by atoms with E-state index in [1.54, 1.807) is 18.2 Å². The largest absolute Gasteiger partial charge is 0.507 e. The Morgan fingerprint density at radius 3 is 1.88 bits per heavy atom. The normalized spacial score (nSPS) is 10.2. The van der Waals surface area contributed by atoms with E-state index in [1.165, 1.54) is 0 Å². The second kappa shape index (κ2) is 7.46. The molecule has 0 atom stereocenters. The number of aromatic hydroxyl groups is 1. The van der Waals surface area contributed by atoms with Crippen molar-refractivity contribution >= 4 is 0 Å². The van der Waals surface area contributed by atoms with Crippen LogP contribution < -0.4 is 0 Å². The van der Waals surface area contributed by atoms with Crippen LogP contribution in [0.15, 0.2) is 89.3 Å². The summed E-state index contributed by atoms with van der Waals surface area (Å²) in [4.78, 5) is 4.66. The van der Waals surface area contributed by atoms with Gasteiger partial charge in [-0.2, -0.15) is 0 Å². The molecular weight excluding hydrogens is 364 g/mol. The molecule has 3 aromatic carbocycles. The molecule has 0 bridgehead atoms. The third-order valence-corrected chi connectivity index (χ3v) is 3.84. The van der Waals surface area contributed by atoms with Crippen molar-refractivity contribution in [1.29, 1.82) is 0 Å². The smallest absolute Gasteiger partial charge is 0.231 e. The average Bonchev–Trinajstić information content (AvgIpc) is 3.09. The first-order chi connectivity index (χ1) is 11.8. The van der Waals surface area contributed by atoms with Crippen LogP contribution in [0.2, 0.25) is 0 Å². The molecule has 0 radical (unpaired) electrons. The van der Waals surface area contributed by atoms with Crippen molar-refractivity contribution in [3.63, 3.8) is 0 Å². The molecule has 4 heteroatoms. The standard InChI is InChI=1S/C21H15NO2.Zn/c23-18-14-8-7-13-17(18)21-22-19(15-9-3-1-4-10-15)20(24-21)16-11-5-2-6-12-16;/h1-14,23H;. The molecule has 0 saturated heterocycles. The van der Waals surface area contributed by atoms with E-state index in [-0.39, 0.29) is 25.2 Å². The van der Waals surface area contributed by atoms with Crippen LogP contribution in [0.5, 0.6) is 5.75 Å². The number of nitrogens with zero attached hydrogens (tertiary/aromatic N) is 1. The predicted molar refractivity (Wildman–Crippen MR) is 94.5 cm³/mol. The molecule has 1 N–H and O–H groups in total. The maximum atomic E-state index is 10.1. The first-order valence-electron chi connectivity index (χ1n) is 7.73. The fourth-order valence-corrected chi connectivity index (χ4v) is 2.67. The number of phenolic OH excluding ortho intramolecular Hbond substituents is 1. The molecule has 4 rings (SSSR count). The quantitative estimate of drug-likeness (QED) is 0.487. The molecule has 3 nitrogen and oxygen atoms in total. The molecule has 0 spiro atoms. The van der Waals surface area contributed by atoms with E-state index in [0.717, 1.165) is 16.8 Å². The Balaban J connectivity index is 0.00000182. The van der Waals surface area contributed by atoms with Gasteiger partial charge in [-0.05, 0) is 12.1 Å². The average molecular weight is 379 g/mol. The Kier molecular flexibility index (Phi) is 5.11. The molecule has 0 aliphatic rings. The molecule has 0 saturated carbocycles. The SMILES string of the molecule is Oc1ccccc1-c1nc(-c2ccccc2)c(-c2ccccc2)o1.[Zn]. The van der Waals surface area contributed by atoms with Crippen LogP contribution >= 0.6 is 0 Å². The van der Waals surface area contributed by atoms with Crippen molar-refractivity contribution in [2.24, 2.45) is 0 Å². The Bertz CT molecular complexity index is 909. The van der Waals surface area contributed by atoms with Gasteiger partial charge in [-0.15, -0.1) is 0 Å². The van der Waals surface area contributed by atoms with Crippen molar-refractivity contribution in [2.75, 3.05) is 0 Å². The zero-order valence-corrected chi connectivity index (χ0v) is 16.6. The molecule has 0 aliphatic heterocycles. The summed E-state index contributed by atoms with van der Waals surface area (Å²) < 4.78 is 6.05. The van der Waals surface area contributed by atoms with E-state index in [0.29, 0.717) is 17.2 Å². The molecule has 0 aliphatic carbocycles. The van der Waals surface area contributed by atoms with E-state index in [2.05, 4.69) is 4.98 Å². The van der Waals surface area contributed by atoms with Crippen molar-refractivity contribution in [1.82, 2.24) is 4.98 Å². The summed E-state index contributed by atoms with van der Waals surface area (Å²) in [5, 5.41) is 10.1. The molecule has 4 aromatic rings. The van der Waals surface area contributed by atoms with Gasteiger partial charge in [-0.25, -0.2) is 4.98 Å². The van der Waals surface area contributed by atoms with Gasteiger partial charge in [-0.3, -0.25) is 0 Å². The van der Waals surface area contributed by atoms with E-state index < -0.39 is 0 Å². The number of benzene rings is 3. The maximum Gasteiger partial charge on any atom is 0.231 e. The van der Waals surface area contributed by atoms with Crippen molar-refractivity contribution in [3.05, 3.63) is 84.9 Å². The van der Waals surface area contributed by atoms with E-state index in [1.807, 2.05) is 66.7 Å². The topological polar surface area (TPSA) is 46.3 Å². The van der Waals surface area contributed by atoms with Gasteiger partial charge in [-0.1, -0.05) is 72.8 Å². The van der Waals surface area contributed by atoms with Gasteiger partial charge in [0, 0.05) is 30.6 Å². The van der Waals surface area contributed by atoms with Gasteiger partial charge in [0.15, 0.2) is 5.76 Å². The summed E-state index contributed by atoms with van der Waals surface area (Å²) in [6.07, 6.45) is 0. The minimum absolute atomic E-state index is 0. The van der Waals surface area contributed by atoms with Crippen molar-refractivity contribution in [2.45, 2.75) is 0 Å². The first-order valence-corrected chi connectivity index (χ1v) is 7.73. The van der Waals surface area contributed by atoms with Crippen LogP contribution in [-0.4, -0.2) is 10.1 Å². The molecule has 0 fully saturated rings. The van der Waals surface area contributed by atoms with Crippen molar-refractivity contribution in [3.8, 4) is 39.8 Å². The Morgan fingerprint density at radius 1 is 0.680 bits per heavy atom. The summed E-state index contributed by atoms with van der Waals surface area (Å²) in [5.41, 5.74) is 3.27. The van der Waals surface area contributed by atoms with Gasteiger partial charge in [0.05, 0.1) is 5.56 Å². The van der Waals surface area contributed by atoms with Crippen LogP contribution in [0.4, 0.5) is 0 Å². The number of hydrogen-bond donors (Lipinski definition) is 1. The maximum absolute atomic E-state index is 10.1. The van der Waals surface area contributed by atoms with Gasteiger partial charge in [0.2, 0.25) is 5.89 Å². The third-order valence-electron chi connectivity index (χ3n) is 3.84. The summed E-state index contributed by atoms with van der Waals surface area (Å²) in [7, 11) is 0. The summed E-state index contributed by atoms with van der Waals surface area (Å²) in [5.74, 6) is 1.25. The number of rotatable bonds is 3. The summed E-state index contributed by atoms with van der Waals surface area (Å²) >= 11 is 0. The number of phenols is 1. The van der Waals surface area contributed by atoms with E-state index >= 15 is 0 Å². The summed E-state index contributed by atoms with van der Waals surface area (Å²) in [6.45, 7) is 0. The third kappa shape index (κ3) is 3.40. The van der Waals surface area contributed by atoms with Gasteiger partial charge < -0.3 is 9.52 Å². The number of oxazole rings is 1. The van der Waals surface area contributed by atoms with Crippen LogP contribution in [0, 0.1) is 0 Å². The van der Waals surface area contributed by atoms with Crippen molar-refractivity contribution < 1.29 is 29.0 Å². The minimum Gasteiger partial charge on any atom is -0.507 e. The number of hydrogen-bond acceptors (Lipinski definition) is 3. The molecule has 0 unspecified atom stereocenters. The fourth-order valence-electron chi connectivity index (χ4n) is 2.67. The second-order valence-electron chi connectivity index (χ2n) is 5.45. The van der Waals surface area contributed by atoms with Gasteiger partial charge >= 0.3 is 0 Å². The van der Waals surface area contributed by atoms with Gasteiger partial charge in [0.25, 0.3) is 0 Å². The molecule has 1 heterocycles. The Hall–Kier alpha value is -2.71. The summed E-state index contributed by atoms with van der Waals surface area (Å²) in [6, 6.07) is 26.8. The monoisotopic (exact) mass is 377 g/mol. The molecule has 0 amide bonds. The molecule has 1 aromatic heterocycles. The van der Waals surface area contributed by atoms with Crippen LogP contribution in [0.1, 0.15) is 0 Å². The van der Waals surface area contributed by atoms with E-state index in [9.17, 15) is 5.11 Å². The van der Waals surface area contributed by atoms with Crippen LogP contribution in [0.3, 0.4) is 0 Å². The van der Waals surface area contributed by atoms with Crippen LogP contribution in [0.25, 0.3) is 34.0 Å². The van der Waals surface area contributed by atoms with Crippen LogP contribution in [-0.2, 0) is 19.5 Å². The zero-order valence-electron chi connectivity index (χ0n) is 13.6. The Labute approximate surface area is 158 Å². The van der Waals surface area contributed by atoms with E-state index in [4.69, 9.17) is 4.42 Å². The molecular formula is C21H15NO2Zn. The fraction of sp³-hybridized carbons (Fsp3) is 0. The minimum atomic E-state index is 0. The zero-order chi connectivity index (χ0) is 16.4. The Morgan fingerprint density at radius 2 is 1.24 bits per heavy atom. The molecule has 118 valence electrons. The first kappa shape index (κ1) is 17.1. The van der Waals surface area contributed by atoms with Gasteiger partial charge in [0.1, 0.15) is 11.4 Å². The number of para-hydroxylation sites is 1. The molecule has 25 heavy (non-hydrogen) atoms.